The number of hydrogen-bond acceptors (Lipinski definition) is 4. The molecule has 0 unspecified atom stereocenters. The summed E-state index contributed by atoms with van der Waals surface area (Å²) in [4.78, 5) is 30.7. The van der Waals surface area contributed by atoms with Gasteiger partial charge in [0.05, 0.1) is 24.8 Å². The Balaban J connectivity index is 1.81. The minimum absolute atomic E-state index is 0.196. The summed E-state index contributed by atoms with van der Waals surface area (Å²) in [5.74, 6) is -0.609. The van der Waals surface area contributed by atoms with Crippen LogP contribution in [-0.4, -0.2) is 23.5 Å². The van der Waals surface area contributed by atoms with Gasteiger partial charge in [-0.3, -0.25) is 4.79 Å². The summed E-state index contributed by atoms with van der Waals surface area (Å²) in [6.07, 6.45) is 0. The van der Waals surface area contributed by atoms with Crippen LogP contribution in [0.5, 0.6) is 0 Å². The van der Waals surface area contributed by atoms with Crippen molar-refractivity contribution in [3.8, 4) is 6.07 Å². The Morgan fingerprint density at radius 1 is 1.09 bits per heavy atom. The standard InChI is InChI=1S/C27H22BrN3O3/c1-3-34-27(33)25-17(2)23-14-22(12-13-24(23)30-25)31(16-20-7-5-4-6-19(20)15-29)26(32)18-8-10-21(28)11-9-18/h4-14,30H,3,16H2,1-2H3. The normalized spacial score (nSPS) is 10.6. The number of nitrogens with zero attached hydrogens (tertiary/aromatic N) is 2. The van der Waals surface area contributed by atoms with Gasteiger partial charge in [0.2, 0.25) is 0 Å². The molecule has 0 radical (unpaired) electrons. The molecular weight excluding hydrogens is 494 g/mol. The number of anilines is 1. The van der Waals surface area contributed by atoms with Crippen molar-refractivity contribution in [1.82, 2.24) is 4.98 Å². The first-order valence-electron chi connectivity index (χ1n) is 10.8. The van der Waals surface area contributed by atoms with Crippen LogP contribution in [0.15, 0.2) is 71.2 Å². The van der Waals surface area contributed by atoms with E-state index < -0.39 is 5.97 Å². The number of carbonyl (C=O) groups is 2. The number of nitrogens with one attached hydrogen (secondary N) is 1. The van der Waals surface area contributed by atoms with E-state index in [0.29, 0.717) is 22.5 Å². The Labute approximate surface area is 205 Å². The quantitative estimate of drug-likeness (QED) is 0.312. The summed E-state index contributed by atoms with van der Waals surface area (Å²) in [5, 5.41) is 10.4. The van der Waals surface area contributed by atoms with Crippen LogP contribution in [0.1, 0.15) is 44.5 Å². The molecule has 0 saturated heterocycles. The molecule has 0 aliphatic carbocycles. The monoisotopic (exact) mass is 515 g/mol. The van der Waals surface area contributed by atoms with Crippen LogP contribution in [-0.2, 0) is 11.3 Å². The maximum absolute atomic E-state index is 13.6. The fourth-order valence-corrected chi connectivity index (χ4v) is 4.12. The number of rotatable bonds is 6. The first kappa shape index (κ1) is 23.3. The molecule has 0 atom stereocenters. The lowest BCUT2D eigenvalue weighted by molar-refractivity contribution is 0.0519. The number of halogens is 1. The molecule has 0 saturated carbocycles. The third-order valence-electron chi connectivity index (χ3n) is 5.64. The van der Waals surface area contributed by atoms with Crippen molar-refractivity contribution in [2.45, 2.75) is 20.4 Å². The van der Waals surface area contributed by atoms with Gasteiger partial charge in [0, 0.05) is 26.6 Å². The Hall–Kier alpha value is -3.89. The number of fused-ring (bicyclic) bond motifs is 1. The second-order valence-corrected chi connectivity index (χ2v) is 8.66. The molecule has 1 N–H and O–H groups in total. The van der Waals surface area contributed by atoms with E-state index in [1.807, 2.05) is 49.4 Å². The van der Waals surface area contributed by atoms with E-state index >= 15 is 0 Å². The molecule has 6 nitrogen and oxygen atoms in total. The maximum atomic E-state index is 13.6. The topological polar surface area (TPSA) is 86.2 Å². The van der Waals surface area contributed by atoms with Gasteiger partial charge in [-0.2, -0.15) is 5.26 Å². The van der Waals surface area contributed by atoms with Gasteiger partial charge in [0.15, 0.2) is 0 Å². The molecule has 1 aromatic heterocycles. The molecule has 1 amide bonds. The molecule has 4 rings (SSSR count). The van der Waals surface area contributed by atoms with E-state index in [1.165, 1.54) is 0 Å². The minimum atomic E-state index is -0.413. The van der Waals surface area contributed by atoms with Crippen LogP contribution in [0.3, 0.4) is 0 Å². The van der Waals surface area contributed by atoms with Gasteiger partial charge in [-0.05, 0) is 73.5 Å². The number of esters is 1. The van der Waals surface area contributed by atoms with Gasteiger partial charge in [0.1, 0.15) is 5.69 Å². The van der Waals surface area contributed by atoms with Crippen molar-refractivity contribution in [3.05, 3.63) is 99.2 Å². The summed E-state index contributed by atoms with van der Waals surface area (Å²) in [7, 11) is 0. The van der Waals surface area contributed by atoms with Crippen molar-refractivity contribution in [3.63, 3.8) is 0 Å². The van der Waals surface area contributed by atoms with E-state index in [0.717, 1.165) is 26.5 Å². The third kappa shape index (κ3) is 4.59. The largest absolute Gasteiger partial charge is 0.461 e. The zero-order chi connectivity index (χ0) is 24.2. The molecule has 4 aromatic rings. The number of ether oxygens (including phenoxy) is 1. The lowest BCUT2D eigenvalue weighted by atomic mass is 10.1. The van der Waals surface area contributed by atoms with Crippen LogP contribution in [0.25, 0.3) is 10.9 Å². The number of carbonyl (C=O) groups excluding carboxylic acids is 2. The van der Waals surface area contributed by atoms with E-state index in [2.05, 4.69) is 27.0 Å². The second-order valence-electron chi connectivity index (χ2n) is 7.74. The molecule has 7 heteroatoms. The molecule has 3 aromatic carbocycles. The number of hydrogen-bond donors (Lipinski definition) is 1. The van der Waals surface area contributed by atoms with E-state index in [9.17, 15) is 14.9 Å². The van der Waals surface area contributed by atoms with Crippen LogP contribution in [0.2, 0.25) is 0 Å². The minimum Gasteiger partial charge on any atom is -0.461 e. The second kappa shape index (κ2) is 9.94. The first-order chi connectivity index (χ1) is 16.4. The SMILES string of the molecule is CCOC(=O)c1[nH]c2ccc(N(Cc3ccccc3C#N)C(=O)c3ccc(Br)cc3)cc2c1C. The van der Waals surface area contributed by atoms with Crippen LogP contribution < -0.4 is 4.90 Å². The Bertz CT molecular complexity index is 1420. The summed E-state index contributed by atoms with van der Waals surface area (Å²) in [5.41, 5.74) is 4.37. The van der Waals surface area contributed by atoms with E-state index in [-0.39, 0.29) is 19.1 Å². The highest BCUT2D eigenvalue weighted by molar-refractivity contribution is 9.10. The number of aromatic amines is 1. The number of benzene rings is 3. The molecule has 0 aliphatic rings. The molecule has 0 bridgehead atoms. The zero-order valence-corrected chi connectivity index (χ0v) is 20.3. The van der Waals surface area contributed by atoms with Crippen molar-refractivity contribution in [2.24, 2.45) is 0 Å². The Morgan fingerprint density at radius 3 is 2.53 bits per heavy atom. The zero-order valence-electron chi connectivity index (χ0n) is 18.8. The smallest absolute Gasteiger partial charge is 0.355 e. The summed E-state index contributed by atoms with van der Waals surface area (Å²) >= 11 is 3.41. The predicted molar refractivity (Wildman–Crippen MR) is 135 cm³/mol. The fraction of sp³-hybridized carbons (Fsp3) is 0.148. The Kier molecular flexibility index (Phi) is 6.80. The average molecular weight is 516 g/mol. The number of H-pyrrole nitrogens is 1. The lowest BCUT2D eigenvalue weighted by Gasteiger charge is -2.24. The molecule has 34 heavy (non-hydrogen) atoms. The molecule has 170 valence electrons. The summed E-state index contributed by atoms with van der Waals surface area (Å²) < 4.78 is 6.03. The highest BCUT2D eigenvalue weighted by atomic mass is 79.9. The van der Waals surface area contributed by atoms with Crippen molar-refractivity contribution in [2.75, 3.05) is 11.5 Å². The third-order valence-corrected chi connectivity index (χ3v) is 6.16. The average Bonchev–Trinajstić information content (AvgIpc) is 3.19. The highest BCUT2D eigenvalue weighted by Crippen LogP contribution is 2.30. The number of aromatic nitrogens is 1. The van der Waals surface area contributed by atoms with Crippen LogP contribution >= 0.6 is 15.9 Å². The van der Waals surface area contributed by atoms with Gasteiger partial charge in [-0.15, -0.1) is 0 Å². The van der Waals surface area contributed by atoms with Gasteiger partial charge in [-0.25, -0.2) is 4.79 Å². The number of amides is 1. The van der Waals surface area contributed by atoms with Crippen molar-refractivity contribution >= 4 is 44.4 Å². The van der Waals surface area contributed by atoms with Crippen molar-refractivity contribution in [1.29, 1.82) is 5.26 Å². The molecule has 1 heterocycles. The predicted octanol–water partition coefficient (Wildman–Crippen LogP) is 6.13. The van der Waals surface area contributed by atoms with Gasteiger partial charge >= 0.3 is 5.97 Å². The van der Waals surface area contributed by atoms with Gasteiger partial charge < -0.3 is 14.6 Å². The summed E-state index contributed by atoms with van der Waals surface area (Å²) in [6, 6.07) is 22.2. The van der Waals surface area contributed by atoms with E-state index in [4.69, 9.17) is 4.74 Å². The van der Waals surface area contributed by atoms with Crippen molar-refractivity contribution < 1.29 is 14.3 Å². The Morgan fingerprint density at radius 2 is 1.82 bits per heavy atom. The van der Waals surface area contributed by atoms with Gasteiger partial charge in [0.25, 0.3) is 5.91 Å². The van der Waals surface area contributed by atoms with Crippen LogP contribution in [0.4, 0.5) is 5.69 Å². The first-order valence-corrected chi connectivity index (χ1v) is 11.6. The highest BCUT2D eigenvalue weighted by Gasteiger charge is 2.22. The number of aryl methyl sites for hydroxylation is 1. The van der Waals surface area contributed by atoms with E-state index in [1.54, 1.807) is 36.1 Å². The number of nitriles is 1. The van der Waals surface area contributed by atoms with Gasteiger partial charge in [-0.1, -0.05) is 34.1 Å². The van der Waals surface area contributed by atoms with Crippen LogP contribution in [0, 0.1) is 18.3 Å². The summed E-state index contributed by atoms with van der Waals surface area (Å²) in [6.45, 7) is 4.12. The molecule has 0 spiro atoms. The molecule has 0 fully saturated rings. The fourth-order valence-electron chi connectivity index (χ4n) is 3.86. The molecule has 0 aliphatic heterocycles. The molecular formula is C27H22BrN3O3. The maximum Gasteiger partial charge on any atom is 0.355 e. The lowest BCUT2D eigenvalue weighted by Crippen LogP contribution is -2.30.